The molecule has 0 bridgehead atoms. The van der Waals surface area contributed by atoms with E-state index in [9.17, 15) is 18.4 Å². The maximum absolute atomic E-state index is 13.4. The molecular weight excluding hydrogens is 392 g/mol. The number of anilines is 1. The van der Waals surface area contributed by atoms with Crippen LogP contribution in [0.3, 0.4) is 0 Å². The lowest BCUT2D eigenvalue weighted by atomic mass is 10.1. The van der Waals surface area contributed by atoms with Gasteiger partial charge in [0.15, 0.2) is 11.6 Å². The summed E-state index contributed by atoms with van der Waals surface area (Å²) in [4.78, 5) is 28.6. The van der Waals surface area contributed by atoms with Crippen LogP contribution in [0, 0.1) is 11.6 Å². The minimum absolute atomic E-state index is 0.116. The van der Waals surface area contributed by atoms with Crippen LogP contribution in [0.5, 0.6) is 0 Å². The van der Waals surface area contributed by atoms with Gasteiger partial charge in [0.25, 0.3) is 5.91 Å². The Morgan fingerprint density at radius 3 is 2.47 bits per heavy atom. The fraction of sp³-hybridized carbons (Fsp3) is 0.476. The maximum atomic E-state index is 13.4. The third kappa shape index (κ3) is 4.51. The number of nitrogens with zero attached hydrogens (tertiary/aromatic N) is 4. The summed E-state index contributed by atoms with van der Waals surface area (Å²) in [5, 5.41) is 7.31. The van der Waals surface area contributed by atoms with Gasteiger partial charge in [0, 0.05) is 37.8 Å². The van der Waals surface area contributed by atoms with E-state index in [0.717, 1.165) is 30.8 Å². The van der Waals surface area contributed by atoms with Gasteiger partial charge in [-0.05, 0) is 31.0 Å². The van der Waals surface area contributed by atoms with Crippen LogP contribution in [0.4, 0.5) is 14.6 Å². The van der Waals surface area contributed by atoms with Crippen molar-refractivity contribution in [3.05, 3.63) is 47.7 Å². The zero-order valence-electron chi connectivity index (χ0n) is 16.7. The molecule has 1 N–H and O–H groups in total. The number of amides is 2. The molecule has 1 saturated carbocycles. The molecule has 9 heteroatoms. The minimum Gasteiger partial charge on any atom is -0.336 e. The van der Waals surface area contributed by atoms with E-state index in [4.69, 9.17) is 0 Å². The van der Waals surface area contributed by atoms with Crippen LogP contribution in [0.15, 0.2) is 30.5 Å². The predicted octanol–water partition coefficient (Wildman–Crippen LogP) is 2.67. The summed E-state index contributed by atoms with van der Waals surface area (Å²) in [5.41, 5.74) is 0.125. The lowest BCUT2D eigenvalue weighted by Crippen LogP contribution is -2.50. The van der Waals surface area contributed by atoms with Gasteiger partial charge in [-0.1, -0.05) is 12.8 Å². The molecule has 1 aliphatic carbocycles. The average Bonchev–Trinajstić information content (AvgIpc) is 3.42. The molecule has 7 nitrogen and oxygen atoms in total. The average molecular weight is 417 g/mol. The van der Waals surface area contributed by atoms with Crippen LogP contribution in [0.2, 0.25) is 0 Å². The normalized spacial score (nSPS) is 18.0. The highest BCUT2D eigenvalue weighted by Crippen LogP contribution is 2.31. The van der Waals surface area contributed by atoms with Crippen LogP contribution in [0.1, 0.15) is 42.1 Å². The molecule has 2 heterocycles. The molecule has 2 aromatic rings. The van der Waals surface area contributed by atoms with Crippen LogP contribution < -0.4 is 5.32 Å². The lowest BCUT2D eigenvalue weighted by molar-refractivity contribution is -0.117. The molecule has 1 aromatic carbocycles. The van der Waals surface area contributed by atoms with Gasteiger partial charge in [-0.25, -0.2) is 13.5 Å². The highest BCUT2D eigenvalue weighted by molar-refractivity contribution is 5.94. The number of carbonyl (C=O) groups is 2. The van der Waals surface area contributed by atoms with Gasteiger partial charge in [-0.3, -0.25) is 14.5 Å². The van der Waals surface area contributed by atoms with Crippen LogP contribution in [-0.2, 0) is 4.79 Å². The third-order valence-corrected chi connectivity index (χ3v) is 5.80. The zero-order valence-corrected chi connectivity index (χ0v) is 16.7. The number of carbonyl (C=O) groups excluding carboxylic acids is 2. The van der Waals surface area contributed by atoms with Crippen molar-refractivity contribution in [3.63, 3.8) is 0 Å². The van der Waals surface area contributed by atoms with Crippen molar-refractivity contribution in [3.8, 4) is 0 Å². The Morgan fingerprint density at radius 1 is 1.03 bits per heavy atom. The Morgan fingerprint density at radius 2 is 1.77 bits per heavy atom. The van der Waals surface area contributed by atoms with Crippen LogP contribution >= 0.6 is 0 Å². The molecule has 2 amide bonds. The van der Waals surface area contributed by atoms with Gasteiger partial charge in [-0.2, -0.15) is 5.10 Å². The Kier molecular flexibility index (Phi) is 6.08. The van der Waals surface area contributed by atoms with E-state index in [-0.39, 0.29) is 23.9 Å². The molecule has 30 heavy (non-hydrogen) atoms. The Hall–Kier alpha value is -2.81. The second-order valence-corrected chi connectivity index (χ2v) is 7.84. The summed E-state index contributed by atoms with van der Waals surface area (Å²) in [7, 11) is 0. The first-order valence-corrected chi connectivity index (χ1v) is 10.3. The molecule has 0 atom stereocenters. The SMILES string of the molecule is O=C(CN1CCN(C(=O)c2ccc(F)c(F)c2)CC1)Nc1ccnn1C1CCCC1. The number of halogens is 2. The fourth-order valence-corrected chi connectivity index (χ4v) is 4.16. The Labute approximate surface area is 173 Å². The van der Waals surface area contributed by atoms with Crippen LogP contribution in [0.25, 0.3) is 0 Å². The number of hydrogen-bond donors (Lipinski definition) is 1. The van der Waals surface area contributed by atoms with Crippen molar-refractivity contribution in [1.29, 1.82) is 0 Å². The van der Waals surface area contributed by atoms with Gasteiger partial charge >= 0.3 is 0 Å². The highest BCUT2D eigenvalue weighted by atomic mass is 19.2. The highest BCUT2D eigenvalue weighted by Gasteiger charge is 2.25. The first-order valence-electron chi connectivity index (χ1n) is 10.3. The summed E-state index contributed by atoms with van der Waals surface area (Å²) in [6.45, 7) is 2.13. The predicted molar refractivity (Wildman–Crippen MR) is 107 cm³/mol. The largest absolute Gasteiger partial charge is 0.336 e. The fourth-order valence-electron chi connectivity index (χ4n) is 4.16. The standard InChI is InChI=1S/C21H25F2N5O2/c22-17-6-5-15(13-18(17)23)21(30)27-11-9-26(10-12-27)14-20(29)25-19-7-8-24-28(19)16-3-1-2-4-16/h5-8,13,16H,1-4,9-12,14H2,(H,25,29). The number of piperazine rings is 1. The number of benzene rings is 1. The van der Waals surface area contributed by atoms with Gasteiger partial charge in [0.1, 0.15) is 5.82 Å². The van der Waals surface area contributed by atoms with E-state index in [1.54, 1.807) is 11.1 Å². The van der Waals surface area contributed by atoms with E-state index in [0.29, 0.717) is 32.2 Å². The molecular formula is C21H25F2N5O2. The smallest absolute Gasteiger partial charge is 0.254 e. The van der Waals surface area contributed by atoms with Gasteiger partial charge < -0.3 is 10.2 Å². The van der Waals surface area contributed by atoms with E-state index in [2.05, 4.69) is 10.4 Å². The molecule has 1 aliphatic heterocycles. The Bertz CT molecular complexity index is 918. The molecule has 2 fully saturated rings. The molecule has 2 aliphatic rings. The summed E-state index contributed by atoms with van der Waals surface area (Å²) >= 11 is 0. The second-order valence-electron chi connectivity index (χ2n) is 7.84. The van der Waals surface area contributed by atoms with Gasteiger partial charge in [0.2, 0.25) is 5.91 Å². The first kappa shape index (κ1) is 20.5. The third-order valence-electron chi connectivity index (χ3n) is 5.80. The number of aromatic nitrogens is 2. The monoisotopic (exact) mass is 417 g/mol. The topological polar surface area (TPSA) is 70.5 Å². The molecule has 1 aromatic heterocycles. The summed E-state index contributed by atoms with van der Waals surface area (Å²) in [6, 6.07) is 5.33. The quantitative estimate of drug-likeness (QED) is 0.812. The van der Waals surface area contributed by atoms with Crippen molar-refractivity contribution in [2.75, 3.05) is 38.0 Å². The Balaban J connectivity index is 1.27. The molecule has 160 valence electrons. The van der Waals surface area contributed by atoms with Gasteiger partial charge in [-0.15, -0.1) is 0 Å². The number of nitrogens with one attached hydrogen (secondary N) is 1. The van der Waals surface area contributed by atoms with E-state index in [1.165, 1.54) is 18.9 Å². The number of rotatable bonds is 5. The second kappa shape index (κ2) is 8.91. The van der Waals surface area contributed by atoms with Crippen molar-refractivity contribution in [1.82, 2.24) is 19.6 Å². The van der Waals surface area contributed by atoms with E-state index < -0.39 is 11.6 Å². The molecule has 0 spiro atoms. The van der Waals surface area contributed by atoms with E-state index in [1.807, 2.05) is 15.6 Å². The summed E-state index contributed by atoms with van der Waals surface area (Å²) in [5.74, 6) is -1.74. The van der Waals surface area contributed by atoms with Crippen molar-refractivity contribution >= 4 is 17.6 Å². The maximum Gasteiger partial charge on any atom is 0.254 e. The van der Waals surface area contributed by atoms with Gasteiger partial charge in [0.05, 0.1) is 18.8 Å². The molecule has 4 rings (SSSR count). The van der Waals surface area contributed by atoms with E-state index >= 15 is 0 Å². The van der Waals surface area contributed by atoms with Crippen molar-refractivity contribution < 1.29 is 18.4 Å². The van der Waals surface area contributed by atoms with Crippen molar-refractivity contribution in [2.24, 2.45) is 0 Å². The molecule has 0 radical (unpaired) electrons. The minimum atomic E-state index is -1.03. The van der Waals surface area contributed by atoms with Crippen LogP contribution in [-0.4, -0.2) is 64.1 Å². The van der Waals surface area contributed by atoms with Crippen molar-refractivity contribution in [2.45, 2.75) is 31.7 Å². The summed E-state index contributed by atoms with van der Waals surface area (Å²) in [6.07, 6.45) is 6.24. The zero-order chi connectivity index (χ0) is 21.1. The first-order chi connectivity index (χ1) is 14.5. The summed E-state index contributed by atoms with van der Waals surface area (Å²) < 4.78 is 28.4. The molecule has 0 unspecified atom stereocenters. The lowest BCUT2D eigenvalue weighted by Gasteiger charge is -2.34. The molecule has 1 saturated heterocycles. The number of hydrogen-bond acceptors (Lipinski definition) is 4.